The van der Waals surface area contributed by atoms with E-state index in [1.165, 1.54) is 38.5 Å². The predicted octanol–water partition coefficient (Wildman–Crippen LogP) is 2.75. The summed E-state index contributed by atoms with van der Waals surface area (Å²) in [5, 5.41) is 9.04. The molecule has 0 amide bonds. The van der Waals surface area contributed by atoms with Crippen LogP contribution in [0.1, 0.15) is 31.8 Å². The molecule has 2 aromatic carbocycles. The van der Waals surface area contributed by atoms with Crippen LogP contribution in [-0.4, -0.2) is 32.1 Å². The average molecular weight is 365 g/mol. The average Bonchev–Trinajstić information content (AvgIpc) is 2.70. The van der Waals surface area contributed by atoms with Gasteiger partial charge in [-0.25, -0.2) is 14.4 Å². The Labute approximate surface area is 155 Å². The van der Waals surface area contributed by atoms with Crippen molar-refractivity contribution >= 4 is 24.0 Å². The third-order valence-corrected chi connectivity index (χ3v) is 3.45. The van der Waals surface area contributed by atoms with Gasteiger partial charge >= 0.3 is 17.9 Å². The summed E-state index contributed by atoms with van der Waals surface area (Å²) in [6.45, 7) is 0. The molecule has 0 aromatic heterocycles. The second-order valence-electron chi connectivity index (χ2n) is 5.18. The van der Waals surface area contributed by atoms with Crippen molar-refractivity contribution in [1.82, 2.24) is 0 Å². The van der Waals surface area contributed by atoms with Crippen LogP contribution >= 0.6 is 0 Å². The van der Waals surface area contributed by atoms with E-state index in [0.29, 0.717) is 11.1 Å². The highest BCUT2D eigenvalue weighted by Crippen LogP contribution is 2.20. The molecule has 0 saturated heterocycles. The van der Waals surface area contributed by atoms with Gasteiger partial charge in [-0.1, -0.05) is 18.2 Å². The Morgan fingerprint density at radius 3 is 2.11 bits per heavy atom. The summed E-state index contributed by atoms with van der Waals surface area (Å²) in [6.07, 6.45) is 2.57. The smallest absolute Gasteiger partial charge is 0.338 e. The van der Waals surface area contributed by atoms with Crippen LogP contribution in [0.25, 0.3) is 6.08 Å². The number of hydrogen-bond acceptors (Lipinski definition) is 7. The van der Waals surface area contributed by atoms with Crippen molar-refractivity contribution in [2.75, 3.05) is 14.2 Å². The quantitative estimate of drug-likeness (QED) is 0.456. The summed E-state index contributed by atoms with van der Waals surface area (Å²) >= 11 is 0. The molecule has 0 fully saturated rings. The highest BCUT2D eigenvalue weighted by molar-refractivity contribution is 5.96. The van der Waals surface area contributed by atoms with Crippen LogP contribution < -0.4 is 4.74 Å². The first-order chi connectivity index (χ1) is 13.0. The zero-order chi connectivity index (χ0) is 19.8. The molecule has 0 aliphatic carbocycles. The third kappa shape index (κ3) is 5.03. The van der Waals surface area contributed by atoms with E-state index in [9.17, 15) is 14.4 Å². The van der Waals surface area contributed by atoms with Crippen molar-refractivity contribution in [3.63, 3.8) is 0 Å². The monoisotopic (exact) mass is 365 g/mol. The molecule has 2 rings (SSSR count). The molecule has 0 saturated carbocycles. The summed E-state index contributed by atoms with van der Waals surface area (Å²) in [4.78, 5) is 35.5. The molecule has 7 heteroatoms. The summed E-state index contributed by atoms with van der Waals surface area (Å²) in [7, 11) is 2.38. The summed E-state index contributed by atoms with van der Waals surface area (Å²) in [5.74, 6) is -2.17. The van der Waals surface area contributed by atoms with Gasteiger partial charge in [-0.3, -0.25) is 0 Å². The first-order valence-corrected chi connectivity index (χ1v) is 7.69. The Morgan fingerprint density at radius 2 is 1.56 bits per heavy atom. The van der Waals surface area contributed by atoms with Gasteiger partial charge in [-0.05, 0) is 35.9 Å². The predicted molar refractivity (Wildman–Crippen MR) is 94.9 cm³/mol. The molecule has 0 heterocycles. The SMILES string of the molecule is COC(=O)c1cc(OC(=O)/C=C/c2ccccc2C#N)cc(C(=O)OC)c1. The second-order valence-corrected chi connectivity index (χ2v) is 5.18. The second kappa shape index (κ2) is 8.97. The molecule has 0 unspecified atom stereocenters. The molecule has 0 aliphatic rings. The van der Waals surface area contributed by atoms with Crippen LogP contribution in [0.5, 0.6) is 5.75 Å². The normalized spacial score (nSPS) is 10.1. The van der Waals surface area contributed by atoms with Gasteiger partial charge in [0.25, 0.3) is 0 Å². The Morgan fingerprint density at radius 1 is 0.963 bits per heavy atom. The molecule has 0 spiro atoms. The van der Waals surface area contributed by atoms with Gasteiger partial charge < -0.3 is 14.2 Å². The fourth-order valence-corrected chi connectivity index (χ4v) is 2.18. The highest BCUT2D eigenvalue weighted by atomic mass is 16.5. The van der Waals surface area contributed by atoms with Crippen LogP contribution in [0.4, 0.5) is 0 Å². The lowest BCUT2D eigenvalue weighted by molar-refractivity contribution is -0.128. The maximum Gasteiger partial charge on any atom is 0.338 e. The summed E-state index contributed by atoms with van der Waals surface area (Å²) in [6, 6.07) is 12.6. The van der Waals surface area contributed by atoms with Crippen molar-refractivity contribution in [3.05, 3.63) is 70.8 Å². The Kier molecular flexibility index (Phi) is 6.44. The first kappa shape index (κ1) is 19.4. The lowest BCUT2D eigenvalue weighted by atomic mass is 10.1. The van der Waals surface area contributed by atoms with E-state index in [-0.39, 0.29) is 16.9 Å². The van der Waals surface area contributed by atoms with Gasteiger partial charge in [0.2, 0.25) is 0 Å². The van der Waals surface area contributed by atoms with Gasteiger partial charge in [0.05, 0.1) is 37.0 Å². The fourth-order valence-electron chi connectivity index (χ4n) is 2.18. The number of carbonyl (C=O) groups is 3. The van der Waals surface area contributed by atoms with E-state index in [0.717, 1.165) is 6.08 Å². The van der Waals surface area contributed by atoms with Gasteiger partial charge in [0, 0.05) is 6.08 Å². The molecular formula is C20H15NO6. The molecule has 0 N–H and O–H groups in total. The molecule has 7 nitrogen and oxygen atoms in total. The number of nitrogens with zero attached hydrogens (tertiary/aromatic N) is 1. The molecule has 27 heavy (non-hydrogen) atoms. The standard InChI is InChI=1S/C20H15NO6/c1-25-19(23)15-9-16(20(24)26-2)11-17(10-15)27-18(22)8-7-13-5-3-4-6-14(13)12-21/h3-11H,1-2H3/b8-7+. The Balaban J connectivity index is 2.26. The van der Waals surface area contributed by atoms with Crippen LogP contribution in [0.15, 0.2) is 48.5 Å². The largest absolute Gasteiger partial charge is 0.465 e. The number of esters is 3. The zero-order valence-corrected chi connectivity index (χ0v) is 14.6. The van der Waals surface area contributed by atoms with Gasteiger partial charge in [0.1, 0.15) is 5.75 Å². The zero-order valence-electron chi connectivity index (χ0n) is 14.6. The van der Waals surface area contributed by atoms with Crippen LogP contribution in [0.3, 0.4) is 0 Å². The minimum Gasteiger partial charge on any atom is -0.465 e. The van der Waals surface area contributed by atoms with Gasteiger partial charge in [0.15, 0.2) is 0 Å². The summed E-state index contributed by atoms with van der Waals surface area (Å²) < 4.78 is 14.4. The van der Waals surface area contributed by atoms with E-state index in [2.05, 4.69) is 9.47 Å². The van der Waals surface area contributed by atoms with Gasteiger partial charge in [-0.2, -0.15) is 5.26 Å². The lowest BCUT2D eigenvalue weighted by Gasteiger charge is -2.07. The van der Waals surface area contributed by atoms with E-state index >= 15 is 0 Å². The number of nitriles is 1. The topological polar surface area (TPSA) is 103 Å². The molecule has 0 radical (unpaired) electrons. The number of benzene rings is 2. The maximum absolute atomic E-state index is 12.1. The van der Waals surface area contributed by atoms with Crippen LogP contribution in [-0.2, 0) is 14.3 Å². The number of hydrogen-bond donors (Lipinski definition) is 0. The van der Waals surface area contributed by atoms with Crippen LogP contribution in [0, 0.1) is 11.3 Å². The van der Waals surface area contributed by atoms with E-state index < -0.39 is 17.9 Å². The Bertz CT molecular complexity index is 921. The van der Waals surface area contributed by atoms with Crippen molar-refractivity contribution in [1.29, 1.82) is 5.26 Å². The number of ether oxygens (including phenoxy) is 3. The fraction of sp³-hybridized carbons (Fsp3) is 0.100. The lowest BCUT2D eigenvalue weighted by Crippen LogP contribution is -2.10. The van der Waals surface area contributed by atoms with Gasteiger partial charge in [-0.15, -0.1) is 0 Å². The third-order valence-electron chi connectivity index (χ3n) is 3.45. The molecule has 136 valence electrons. The van der Waals surface area contributed by atoms with E-state index in [4.69, 9.17) is 10.00 Å². The van der Waals surface area contributed by atoms with Crippen molar-refractivity contribution in [3.8, 4) is 11.8 Å². The van der Waals surface area contributed by atoms with E-state index in [1.807, 2.05) is 6.07 Å². The molecule has 2 aromatic rings. The minimum absolute atomic E-state index is 0.0264. The molecule has 0 bridgehead atoms. The Hall–Kier alpha value is -3.92. The maximum atomic E-state index is 12.1. The van der Waals surface area contributed by atoms with Crippen molar-refractivity contribution in [2.24, 2.45) is 0 Å². The summed E-state index contributed by atoms with van der Waals surface area (Å²) in [5.41, 5.74) is 1.02. The molecular weight excluding hydrogens is 350 g/mol. The number of rotatable bonds is 5. The van der Waals surface area contributed by atoms with Crippen molar-refractivity contribution < 1.29 is 28.6 Å². The van der Waals surface area contributed by atoms with Crippen molar-refractivity contribution in [2.45, 2.75) is 0 Å². The molecule has 0 aliphatic heterocycles. The van der Waals surface area contributed by atoms with Crippen LogP contribution in [0.2, 0.25) is 0 Å². The highest BCUT2D eigenvalue weighted by Gasteiger charge is 2.15. The van der Waals surface area contributed by atoms with E-state index in [1.54, 1.807) is 24.3 Å². The number of carbonyl (C=O) groups excluding carboxylic acids is 3. The minimum atomic E-state index is -0.749. The first-order valence-electron chi connectivity index (χ1n) is 7.69. The number of methoxy groups -OCH3 is 2. The molecule has 0 atom stereocenters.